The molecule has 0 radical (unpaired) electrons. The molecule has 3 aliphatic carbocycles. The lowest BCUT2D eigenvalue weighted by Crippen LogP contribution is -2.47. The van der Waals surface area contributed by atoms with E-state index in [-0.39, 0.29) is 27.8 Å². The Balaban J connectivity index is 0.881. The number of ether oxygens (including phenoxy) is 2. The van der Waals surface area contributed by atoms with Crippen molar-refractivity contribution in [1.29, 1.82) is 0 Å². The molecule has 2 atom stereocenters. The van der Waals surface area contributed by atoms with E-state index in [0.29, 0.717) is 36.6 Å². The van der Waals surface area contributed by atoms with Crippen molar-refractivity contribution in [1.82, 2.24) is 24.6 Å². The zero-order valence-corrected chi connectivity index (χ0v) is 37.0. The number of benzene rings is 2. The van der Waals surface area contributed by atoms with Crippen LogP contribution in [-0.2, 0) is 14.8 Å². The highest BCUT2D eigenvalue weighted by atomic mass is 35.5. The lowest BCUT2D eigenvalue weighted by molar-refractivity contribution is -0.431. The summed E-state index contributed by atoms with van der Waals surface area (Å²) in [4.78, 5) is 37.7. The number of aromatic amines is 1. The average Bonchev–Trinajstić information content (AvgIpc) is 3.93. The molecule has 10 rings (SSSR count). The molecule has 2 aromatic heterocycles. The Labute approximate surface area is 377 Å². The highest BCUT2D eigenvalue weighted by molar-refractivity contribution is 7.94. The number of halogens is 1. The smallest absolute Gasteiger partial charge is 0.268 e. The van der Waals surface area contributed by atoms with Crippen LogP contribution in [0.2, 0.25) is 5.02 Å². The number of amides is 1. The van der Waals surface area contributed by atoms with E-state index >= 15 is 0 Å². The number of allylic oxidation sites excluding steroid dienone is 2. The maximum Gasteiger partial charge on any atom is 0.268 e. The molecule has 1 saturated carbocycles. The van der Waals surface area contributed by atoms with E-state index in [0.717, 1.165) is 80.6 Å². The minimum Gasteiger partial charge on any atom is -0.455 e. The number of hydrogen-bond acceptors (Lipinski definition) is 12. The van der Waals surface area contributed by atoms with Gasteiger partial charge in [-0.05, 0) is 110 Å². The third-order valence-corrected chi connectivity index (χ3v) is 15.7. The van der Waals surface area contributed by atoms with Gasteiger partial charge in [-0.15, -0.1) is 0 Å². The highest BCUT2D eigenvalue weighted by Gasteiger charge is 2.44. The number of rotatable bonds is 12. The molecule has 2 saturated heterocycles. The number of hydrogen-bond donors (Lipinski definition) is 2. The van der Waals surface area contributed by atoms with Gasteiger partial charge >= 0.3 is 0 Å². The Bertz CT molecular complexity index is 2700. The van der Waals surface area contributed by atoms with Gasteiger partial charge < -0.3 is 19.4 Å². The number of anilines is 1. The molecule has 334 valence electrons. The van der Waals surface area contributed by atoms with Crippen molar-refractivity contribution in [2.45, 2.75) is 57.4 Å². The fourth-order valence-electron chi connectivity index (χ4n) is 10.3. The van der Waals surface area contributed by atoms with Gasteiger partial charge in [-0.25, -0.2) is 18.1 Å². The molecule has 4 aromatic rings. The van der Waals surface area contributed by atoms with Gasteiger partial charge in [-0.2, -0.15) is 5.10 Å². The highest BCUT2D eigenvalue weighted by Crippen LogP contribution is 2.55. The minimum absolute atomic E-state index is 0.0264. The zero-order chi connectivity index (χ0) is 44.0. The van der Waals surface area contributed by atoms with Crippen molar-refractivity contribution in [3.8, 4) is 11.5 Å². The first kappa shape index (κ1) is 42.4. The van der Waals surface area contributed by atoms with Gasteiger partial charge in [0.2, 0.25) is 0 Å². The summed E-state index contributed by atoms with van der Waals surface area (Å²) in [7, 11) is -4.60. The first-order chi connectivity index (χ1) is 31.0. The molecule has 64 heavy (non-hydrogen) atoms. The van der Waals surface area contributed by atoms with Crippen LogP contribution >= 0.6 is 11.6 Å². The lowest BCUT2D eigenvalue weighted by atomic mass is 9.59. The number of H-pyrrole nitrogens is 1. The van der Waals surface area contributed by atoms with E-state index < -0.39 is 32.8 Å². The third-order valence-electron chi connectivity index (χ3n) is 14.1. The summed E-state index contributed by atoms with van der Waals surface area (Å²) in [5.74, 6) is -0.934. The molecule has 1 amide bonds. The van der Waals surface area contributed by atoms with Gasteiger partial charge in [-0.1, -0.05) is 35.7 Å². The Morgan fingerprint density at radius 1 is 1.05 bits per heavy atom. The van der Waals surface area contributed by atoms with Crippen molar-refractivity contribution in [2.75, 3.05) is 57.4 Å². The van der Waals surface area contributed by atoms with Crippen molar-refractivity contribution >= 4 is 56.0 Å². The summed E-state index contributed by atoms with van der Waals surface area (Å²) in [6.45, 7) is 5.78. The monoisotopic (exact) mass is 906 g/mol. The van der Waals surface area contributed by atoms with E-state index in [2.05, 4.69) is 41.7 Å². The van der Waals surface area contributed by atoms with Gasteiger partial charge in [0.25, 0.3) is 21.6 Å². The molecule has 3 fully saturated rings. The van der Waals surface area contributed by atoms with Crippen molar-refractivity contribution in [3.05, 3.63) is 122 Å². The normalized spacial score (nSPS) is 22.6. The Kier molecular flexibility index (Phi) is 11.6. The molecular weight excluding hydrogens is 856 g/mol. The summed E-state index contributed by atoms with van der Waals surface area (Å²) in [6.07, 6.45) is 16.3. The molecule has 15 nitrogen and oxygen atoms in total. The van der Waals surface area contributed by atoms with E-state index in [9.17, 15) is 23.3 Å². The van der Waals surface area contributed by atoms with E-state index in [1.54, 1.807) is 35.5 Å². The van der Waals surface area contributed by atoms with Crippen LogP contribution in [0.1, 0.15) is 67.3 Å². The quantitative estimate of drug-likeness (QED) is 0.105. The average molecular weight is 907 g/mol. The fourth-order valence-corrected chi connectivity index (χ4v) is 11.4. The van der Waals surface area contributed by atoms with Crippen molar-refractivity contribution in [3.63, 3.8) is 0 Å². The number of pyridine rings is 1. The number of nitrogens with zero attached hydrogens (tertiary/aromatic N) is 6. The standard InChI is InChI=1S/C47H51ClN8O7S/c48-35-4-2-32(3-5-35)40-26-47(12-1-13-47)14-8-34(40)30-53-16-18-54(19-17-53)36-6-7-39(44(23-36)63-37-22-33-9-15-49-45(33)50-27-37)46(57)52-64(60,61)38-24-42-41(43(25-38)56(58)59)28-51-55(42)29-31-10-20-62-21-11-31/h2-7,9,15,22-25,27-28,31,41-42H,1,8,10-14,16-21,26,29-30H2,(H,49,50)(H,52,57). The number of carbonyl (C=O) groups excluding carboxylic acids is 1. The topological polar surface area (TPSA) is 176 Å². The first-order valence-corrected chi connectivity index (χ1v) is 24.1. The van der Waals surface area contributed by atoms with Crippen LogP contribution < -0.4 is 14.4 Å². The number of nitrogens with one attached hydrogen (secondary N) is 2. The second-order valence-corrected chi connectivity index (χ2v) is 20.2. The number of carbonyl (C=O) groups is 1. The molecule has 2 aromatic carbocycles. The zero-order valence-electron chi connectivity index (χ0n) is 35.5. The number of piperazine rings is 1. The number of aromatic nitrogens is 2. The summed E-state index contributed by atoms with van der Waals surface area (Å²) >= 11 is 6.29. The molecular formula is C47H51ClN8O7S. The maximum atomic E-state index is 14.1. The predicted molar refractivity (Wildman–Crippen MR) is 245 cm³/mol. The van der Waals surface area contributed by atoms with E-state index in [1.165, 1.54) is 60.9 Å². The number of fused-ring (bicyclic) bond motifs is 2. The minimum atomic E-state index is -4.60. The summed E-state index contributed by atoms with van der Waals surface area (Å²) in [5, 5.41) is 20.0. The second-order valence-electron chi connectivity index (χ2n) is 18.0. The van der Waals surface area contributed by atoms with Gasteiger partial charge in [0.05, 0.1) is 27.6 Å². The third kappa shape index (κ3) is 8.67. The van der Waals surface area contributed by atoms with Crippen LogP contribution in [0.5, 0.6) is 11.5 Å². The summed E-state index contributed by atoms with van der Waals surface area (Å²) < 4.78 is 42.1. The molecule has 1 spiro atoms. The Morgan fingerprint density at radius 3 is 2.59 bits per heavy atom. The Hall–Kier alpha value is -5.55. The number of hydrazone groups is 1. The van der Waals surface area contributed by atoms with Crippen molar-refractivity contribution < 1.29 is 27.6 Å². The van der Waals surface area contributed by atoms with Crippen LogP contribution in [0.4, 0.5) is 5.69 Å². The Morgan fingerprint density at radius 2 is 1.84 bits per heavy atom. The van der Waals surface area contributed by atoms with Crippen molar-refractivity contribution in [2.24, 2.45) is 22.4 Å². The second kappa shape index (κ2) is 17.4. The van der Waals surface area contributed by atoms with Gasteiger partial charge in [0.15, 0.2) is 0 Å². The van der Waals surface area contributed by atoms with E-state index in [1.807, 2.05) is 18.2 Å². The lowest BCUT2D eigenvalue weighted by Gasteiger charge is -2.47. The summed E-state index contributed by atoms with van der Waals surface area (Å²) in [5.41, 5.74) is 5.87. The molecule has 6 aliphatic rings. The molecule has 5 heterocycles. The maximum absolute atomic E-state index is 14.1. The molecule has 0 bridgehead atoms. The van der Waals surface area contributed by atoms with Crippen LogP contribution in [-0.4, -0.2) is 104 Å². The number of nitro groups is 1. The van der Waals surface area contributed by atoms with Crippen LogP contribution in [0.25, 0.3) is 16.6 Å². The predicted octanol–water partition coefficient (Wildman–Crippen LogP) is 7.77. The fraction of sp³-hybridized carbons (Fsp3) is 0.426. The largest absolute Gasteiger partial charge is 0.455 e. The molecule has 2 N–H and O–H groups in total. The van der Waals surface area contributed by atoms with Gasteiger partial charge in [0, 0.05) is 93.1 Å². The summed E-state index contributed by atoms with van der Waals surface area (Å²) in [6, 6.07) is 16.4. The van der Waals surface area contributed by atoms with Gasteiger partial charge in [0.1, 0.15) is 23.1 Å². The van der Waals surface area contributed by atoms with Gasteiger partial charge in [-0.3, -0.25) is 24.8 Å². The molecule has 17 heteroatoms. The van der Waals surface area contributed by atoms with E-state index in [4.69, 9.17) is 21.1 Å². The first-order valence-electron chi connectivity index (χ1n) is 22.2. The number of sulfonamides is 1. The van der Waals surface area contributed by atoms with Crippen LogP contribution in [0.3, 0.4) is 0 Å². The molecule has 2 unspecified atom stereocenters. The van der Waals surface area contributed by atoms with Crippen LogP contribution in [0.15, 0.2) is 100 Å². The van der Waals surface area contributed by atoms with Crippen LogP contribution in [0, 0.1) is 27.4 Å². The SMILES string of the molecule is O=C(NS(=O)(=O)C1=CC2C(C=NN2CC2CCOCC2)C([N+](=O)[O-])=C1)c1ccc(N2CCN(CC3=C(c4ccc(Cl)cc4)CC4(CCC4)CC3)CC2)cc1Oc1cnc2[nH]ccc2c1. The molecule has 3 aliphatic heterocycles.